The molecular formula is C20H23N3O3. The third kappa shape index (κ3) is 2.79. The fourth-order valence-corrected chi connectivity index (χ4v) is 4.07. The first kappa shape index (κ1) is 16.8. The van der Waals surface area contributed by atoms with Gasteiger partial charge >= 0.3 is 5.97 Å². The summed E-state index contributed by atoms with van der Waals surface area (Å²) < 4.78 is 1.88. The number of carbonyl (C=O) groups excluding carboxylic acids is 1. The fraction of sp³-hybridized carbons (Fsp3) is 0.450. The first-order valence-corrected chi connectivity index (χ1v) is 9.28. The van der Waals surface area contributed by atoms with Crippen molar-refractivity contribution in [2.75, 3.05) is 6.54 Å². The molecule has 2 aliphatic rings. The Labute approximate surface area is 152 Å². The maximum atomic E-state index is 13.1. The van der Waals surface area contributed by atoms with E-state index in [0.717, 1.165) is 49.0 Å². The number of carbonyl (C=O) groups is 2. The summed E-state index contributed by atoms with van der Waals surface area (Å²) in [6, 6.07) is 7.37. The van der Waals surface area contributed by atoms with Gasteiger partial charge in [-0.05, 0) is 57.6 Å². The molecule has 1 N–H and O–H groups in total. The number of hydrogen-bond donors (Lipinski definition) is 1. The predicted molar refractivity (Wildman–Crippen MR) is 96.6 cm³/mol. The Balaban J connectivity index is 1.76. The summed E-state index contributed by atoms with van der Waals surface area (Å²) in [6.45, 7) is 2.53. The van der Waals surface area contributed by atoms with Crippen molar-refractivity contribution < 1.29 is 14.7 Å². The van der Waals surface area contributed by atoms with E-state index in [1.165, 1.54) is 10.5 Å². The van der Waals surface area contributed by atoms with Crippen LogP contribution in [0, 0.1) is 6.92 Å². The number of amides is 1. The number of aliphatic carboxylic acids is 1. The van der Waals surface area contributed by atoms with Crippen LogP contribution in [0.15, 0.2) is 24.3 Å². The standard InChI is InChI=1S/C20H23N3O3/c1-13-8-10-14(11-9-13)23-16-6-3-2-5-15(16)18(21-23)19(24)22-12-4-7-17(22)20(25)26/h8-11,17H,2-7,12H2,1H3,(H,25,26)/t17-/m0/s1. The molecule has 1 atom stereocenters. The number of fused-ring (bicyclic) bond motifs is 1. The molecule has 4 rings (SSSR count). The first-order chi connectivity index (χ1) is 12.6. The molecule has 0 unspecified atom stereocenters. The monoisotopic (exact) mass is 353 g/mol. The highest BCUT2D eigenvalue weighted by Crippen LogP contribution is 2.29. The van der Waals surface area contributed by atoms with Crippen LogP contribution in [0.25, 0.3) is 5.69 Å². The number of aromatic nitrogens is 2. The number of hydrogen-bond acceptors (Lipinski definition) is 3. The first-order valence-electron chi connectivity index (χ1n) is 9.28. The van der Waals surface area contributed by atoms with Gasteiger partial charge in [-0.2, -0.15) is 5.10 Å². The lowest BCUT2D eigenvalue weighted by molar-refractivity contribution is -0.141. The van der Waals surface area contributed by atoms with E-state index >= 15 is 0 Å². The lowest BCUT2D eigenvalue weighted by atomic mass is 9.95. The number of rotatable bonds is 3. The summed E-state index contributed by atoms with van der Waals surface area (Å²) in [5.41, 5.74) is 4.65. The lowest BCUT2D eigenvalue weighted by Gasteiger charge is -2.21. The number of carboxylic acids is 1. The predicted octanol–water partition coefficient (Wildman–Crippen LogP) is 2.75. The van der Waals surface area contributed by atoms with Gasteiger partial charge in [0.1, 0.15) is 6.04 Å². The van der Waals surface area contributed by atoms with Crippen LogP contribution in [0.2, 0.25) is 0 Å². The second-order valence-electron chi connectivity index (χ2n) is 7.22. The maximum Gasteiger partial charge on any atom is 0.326 e. The molecule has 1 saturated heterocycles. The van der Waals surface area contributed by atoms with E-state index in [1.54, 1.807) is 0 Å². The molecule has 1 aliphatic heterocycles. The SMILES string of the molecule is Cc1ccc(-n2nc(C(=O)N3CCC[C@H]3C(=O)O)c3c2CCCC3)cc1. The highest BCUT2D eigenvalue weighted by molar-refractivity contribution is 5.97. The normalized spacial score (nSPS) is 19.4. The van der Waals surface area contributed by atoms with E-state index in [9.17, 15) is 14.7 Å². The molecular weight excluding hydrogens is 330 g/mol. The molecule has 0 saturated carbocycles. The van der Waals surface area contributed by atoms with Crippen molar-refractivity contribution in [3.63, 3.8) is 0 Å². The number of carboxylic acid groups (broad SMARTS) is 1. The van der Waals surface area contributed by atoms with Crippen molar-refractivity contribution in [2.45, 2.75) is 51.5 Å². The Hall–Kier alpha value is -2.63. The number of aryl methyl sites for hydroxylation is 1. The fourth-order valence-electron chi connectivity index (χ4n) is 4.07. The van der Waals surface area contributed by atoms with Crippen LogP contribution in [0.3, 0.4) is 0 Å². The van der Waals surface area contributed by atoms with Crippen LogP contribution >= 0.6 is 0 Å². The van der Waals surface area contributed by atoms with E-state index in [0.29, 0.717) is 18.7 Å². The maximum absolute atomic E-state index is 13.1. The van der Waals surface area contributed by atoms with Gasteiger partial charge in [0.25, 0.3) is 5.91 Å². The number of benzene rings is 1. The van der Waals surface area contributed by atoms with Crippen LogP contribution < -0.4 is 0 Å². The van der Waals surface area contributed by atoms with Gasteiger partial charge in [-0.25, -0.2) is 9.48 Å². The average Bonchev–Trinajstić information content (AvgIpc) is 3.27. The van der Waals surface area contributed by atoms with Crippen LogP contribution in [0.5, 0.6) is 0 Å². The molecule has 1 amide bonds. The zero-order valence-corrected chi connectivity index (χ0v) is 14.9. The van der Waals surface area contributed by atoms with E-state index in [4.69, 9.17) is 0 Å². The molecule has 1 aromatic carbocycles. The minimum atomic E-state index is -0.928. The quantitative estimate of drug-likeness (QED) is 0.921. The molecule has 0 spiro atoms. The summed E-state index contributed by atoms with van der Waals surface area (Å²) in [5, 5.41) is 14.1. The van der Waals surface area contributed by atoms with Gasteiger partial charge in [0.15, 0.2) is 5.69 Å². The molecule has 1 aromatic heterocycles. The Bertz CT molecular complexity index is 854. The van der Waals surface area contributed by atoms with Gasteiger partial charge in [-0.15, -0.1) is 0 Å². The summed E-state index contributed by atoms with van der Waals surface area (Å²) in [6.07, 6.45) is 5.08. The number of likely N-dealkylation sites (tertiary alicyclic amines) is 1. The van der Waals surface area contributed by atoms with Gasteiger partial charge < -0.3 is 10.0 Å². The van der Waals surface area contributed by atoms with Crippen molar-refractivity contribution in [2.24, 2.45) is 0 Å². The van der Waals surface area contributed by atoms with Crippen LogP contribution in [0.1, 0.15) is 53.0 Å². The van der Waals surface area contributed by atoms with Crippen molar-refractivity contribution in [3.8, 4) is 5.69 Å². The molecule has 2 aromatic rings. The minimum absolute atomic E-state index is 0.237. The molecule has 2 heterocycles. The van der Waals surface area contributed by atoms with E-state index < -0.39 is 12.0 Å². The highest BCUT2D eigenvalue weighted by Gasteiger charge is 2.37. The van der Waals surface area contributed by atoms with Crippen LogP contribution in [0.4, 0.5) is 0 Å². The summed E-state index contributed by atoms with van der Waals surface area (Å²) in [7, 11) is 0. The van der Waals surface area contributed by atoms with Crippen molar-refractivity contribution in [1.82, 2.24) is 14.7 Å². The third-order valence-corrected chi connectivity index (χ3v) is 5.46. The molecule has 1 aliphatic carbocycles. The second-order valence-corrected chi connectivity index (χ2v) is 7.22. The van der Waals surface area contributed by atoms with Crippen molar-refractivity contribution >= 4 is 11.9 Å². The average molecular weight is 353 g/mol. The zero-order chi connectivity index (χ0) is 18.3. The van der Waals surface area contributed by atoms with Crippen molar-refractivity contribution in [1.29, 1.82) is 0 Å². The molecule has 6 heteroatoms. The third-order valence-electron chi connectivity index (χ3n) is 5.46. The van der Waals surface area contributed by atoms with Gasteiger partial charge in [-0.3, -0.25) is 4.79 Å². The van der Waals surface area contributed by atoms with E-state index in [1.807, 2.05) is 35.9 Å². The Morgan fingerprint density at radius 1 is 1.12 bits per heavy atom. The van der Waals surface area contributed by atoms with E-state index in [-0.39, 0.29) is 5.91 Å². The number of nitrogens with zero attached hydrogens (tertiary/aromatic N) is 3. The second kappa shape index (κ2) is 6.59. The molecule has 0 radical (unpaired) electrons. The summed E-state index contributed by atoms with van der Waals surface area (Å²) in [4.78, 5) is 26.1. The largest absolute Gasteiger partial charge is 0.480 e. The molecule has 26 heavy (non-hydrogen) atoms. The van der Waals surface area contributed by atoms with Gasteiger partial charge in [0.2, 0.25) is 0 Å². The zero-order valence-electron chi connectivity index (χ0n) is 14.9. The molecule has 136 valence electrons. The molecule has 6 nitrogen and oxygen atoms in total. The Morgan fingerprint density at radius 3 is 2.58 bits per heavy atom. The Morgan fingerprint density at radius 2 is 1.85 bits per heavy atom. The van der Waals surface area contributed by atoms with Gasteiger partial charge in [-0.1, -0.05) is 17.7 Å². The summed E-state index contributed by atoms with van der Waals surface area (Å²) >= 11 is 0. The van der Waals surface area contributed by atoms with Gasteiger partial charge in [0.05, 0.1) is 5.69 Å². The minimum Gasteiger partial charge on any atom is -0.480 e. The highest BCUT2D eigenvalue weighted by atomic mass is 16.4. The van der Waals surface area contributed by atoms with Gasteiger partial charge in [0, 0.05) is 17.8 Å². The smallest absolute Gasteiger partial charge is 0.326 e. The van der Waals surface area contributed by atoms with Crippen LogP contribution in [-0.4, -0.2) is 44.3 Å². The molecule has 0 bridgehead atoms. The Kier molecular flexibility index (Phi) is 4.26. The summed E-state index contributed by atoms with van der Waals surface area (Å²) in [5.74, 6) is -1.17. The lowest BCUT2D eigenvalue weighted by Crippen LogP contribution is -2.41. The van der Waals surface area contributed by atoms with Crippen LogP contribution in [-0.2, 0) is 17.6 Å². The van der Waals surface area contributed by atoms with E-state index in [2.05, 4.69) is 5.10 Å². The molecule has 1 fully saturated rings. The topological polar surface area (TPSA) is 75.4 Å². The van der Waals surface area contributed by atoms with Crippen molar-refractivity contribution in [3.05, 3.63) is 46.8 Å².